The molecule has 1 aromatic carbocycles. The van der Waals surface area contributed by atoms with Gasteiger partial charge in [0.15, 0.2) is 0 Å². The fourth-order valence-corrected chi connectivity index (χ4v) is 2.28. The minimum absolute atomic E-state index is 0.241. The Kier molecular flexibility index (Phi) is 8.23. The van der Waals surface area contributed by atoms with E-state index in [4.69, 9.17) is 5.73 Å². The van der Waals surface area contributed by atoms with Crippen LogP contribution in [0.3, 0.4) is 0 Å². The third kappa shape index (κ3) is 5.59. The van der Waals surface area contributed by atoms with Crippen molar-refractivity contribution < 1.29 is 4.39 Å². The Hall–Kier alpha value is -1.20. The zero-order chi connectivity index (χ0) is 15.7. The minimum Gasteiger partial charge on any atom is -0.330 e. The van der Waals surface area contributed by atoms with Crippen molar-refractivity contribution in [3.63, 3.8) is 0 Å². The van der Waals surface area contributed by atoms with E-state index in [-0.39, 0.29) is 5.82 Å². The summed E-state index contributed by atoms with van der Waals surface area (Å²) in [5.41, 5.74) is 7.45. The van der Waals surface area contributed by atoms with Crippen LogP contribution in [-0.2, 0) is 6.42 Å². The summed E-state index contributed by atoms with van der Waals surface area (Å²) < 4.78 is 15.7. The fraction of sp³-hybridized carbons (Fsp3) is 0.438. The van der Waals surface area contributed by atoms with Gasteiger partial charge in [0.25, 0.3) is 0 Å². The maximum absolute atomic E-state index is 12.9. The van der Waals surface area contributed by atoms with E-state index in [9.17, 15) is 4.39 Å². The van der Waals surface area contributed by atoms with Crippen LogP contribution in [0.15, 0.2) is 34.9 Å². The Balaban J connectivity index is 0.000000677. The normalized spacial score (nSPS) is 10.1. The maximum atomic E-state index is 12.9. The highest BCUT2D eigenvalue weighted by Crippen LogP contribution is 2.21. The number of aromatic nitrogens is 2. The van der Waals surface area contributed by atoms with Crippen molar-refractivity contribution in [1.82, 2.24) is 9.78 Å². The van der Waals surface area contributed by atoms with E-state index in [1.54, 1.807) is 18.3 Å². The SMILES string of the molecule is CCC.NCCCCc1c(Br)cnn1-c1ccc(F)cc1. The van der Waals surface area contributed by atoms with Crippen LogP contribution in [0.4, 0.5) is 4.39 Å². The number of halogens is 2. The lowest BCUT2D eigenvalue weighted by Gasteiger charge is -2.08. The van der Waals surface area contributed by atoms with Crippen LogP contribution in [0, 0.1) is 5.82 Å². The summed E-state index contributed by atoms with van der Waals surface area (Å²) in [6, 6.07) is 6.32. The molecule has 2 aromatic rings. The zero-order valence-electron chi connectivity index (χ0n) is 12.6. The van der Waals surface area contributed by atoms with Crippen molar-refractivity contribution in [2.75, 3.05) is 6.54 Å². The number of nitrogens with two attached hydrogens (primary N) is 1. The standard InChI is InChI=1S/C13H15BrFN3.C3H8/c14-12-9-17-18(13(12)3-1-2-8-16)11-6-4-10(15)5-7-11;1-3-2/h4-7,9H,1-3,8,16H2;3H2,1-2H3. The Morgan fingerprint density at radius 2 is 1.81 bits per heavy atom. The van der Waals surface area contributed by atoms with E-state index in [2.05, 4.69) is 34.9 Å². The van der Waals surface area contributed by atoms with Crippen LogP contribution >= 0.6 is 15.9 Å². The van der Waals surface area contributed by atoms with Crippen molar-refractivity contribution >= 4 is 15.9 Å². The maximum Gasteiger partial charge on any atom is 0.123 e. The van der Waals surface area contributed by atoms with Crippen LogP contribution in [0.5, 0.6) is 0 Å². The number of nitrogens with zero attached hydrogens (tertiary/aromatic N) is 2. The molecule has 3 nitrogen and oxygen atoms in total. The van der Waals surface area contributed by atoms with Crippen molar-refractivity contribution in [1.29, 1.82) is 0 Å². The first-order valence-electron chi connectivity index (χ1n) is 7.32. The fourth-order valence-electron chi connectivity index (χ4n) is 1.82. The van der Waals surface area contributed by atoms with Crippen molar-refractivity contribution in [2.45, 2.75) is 39.5 Å². The molecule has 2 rings (SSSR count). The highest BCUT2D eigenvalue weighted by atomic mass is 79.9. The monoisotopic (exact) mass is 355 g/mol. The van der Waals surface area contributed by atoms with Gasteiger partial charge in [-0.3, -0.25) is 0 Å². The molecule has 0 bridgehead atoms. The van der Waals surface area contributed by atoms with Gasteiger partial charge in [0, 0.05) is 0 Å². The second-order valence-electron chi connectivity index (χ2n) is 4.78. The summed E-state index contributed by atoms with van der Waals surface area (Å²) in [5.74, 6) is -0.241. The molecular formula is C16H23BrFN3. The van der Waals surface area contributed by atoms with Gasteiger partial charge in [0.1, 0.15) is 5.82 Å². The topological polar surface area (TPSA) is 43.8 Å². The van der Waals surface area contributed by atoms with Crippen molar-refractivity contribution in [3.8, 4) is 5.69 Å². The number of benzene rings is 1. The molecule has 0 saturated carbocycles. The molecule has 116 valence electrons. The molecule has 1 aromatic heterocycles. The number of rotatable bonds is 5. The molecule has 0 saturated heterocycles. The lowest BCUT2D eigenvalue weighted by atomic mass is 10.2. The second kappa shape index (κ2) is 9.68. The van der Waals surface area contributed by atoms with Crippen LogP contribution < -0.4 is 5.73 Å². The molecule has 0 aliphatic heterocycles. The van der Waals surface area contributed by atoms with E-state index < -0.39 is 0 Å². The number of hydrogen-bond acceptors (Lipinski definition) is 2. The molecule has 0 amide bonds. The third-order valence-corrected chi connectivity index (χ3v) is 3.42. The Morgan fingerprint density at radius 3 is 2.38 bits per heavy atom. The summed E-state index contributed by atoms with van der Waals surface area (Å²) in [6.45, 7) is 4.95. The number of unbranched alkanes of at least 4 members (excludes halogenated alkanes) is 1. The smallest absolute Gasteiger partial charge is 0.123 e. The summed E-state index contributed by atoms with van der Waals surface area (Å²) in [6.07, 6.45) is 5.92. The van der Waals surface area contributed by atoms with Gasteiger partial charge in [-0.05, 0) is 66.0 Å². The summed E-state index contributed by atoms with van der Waals surface area (Å²) in [4.78, 5) is 0. The Bertz CT molecular complexity index is 523. The minimum atomic E-state index is -0.241. The molecule has 5 heteroatoms. The molecule has 0 spiro atoms. The average molecular weight is 356 g/mol. The molecular weight excluding hydrogens is 333 g/mol. The van der Waals surface area contributed by atoms with E-state index in [0.29, 0.717) is 6.54 Å². The van der Waals surface area contributed by atoms with Gasteiger partial charge in [-0.2, -0.15) is 5.10 Å². The highest BCUT2D eigenvalue weighted by Gasteiger charge is 2.10. The zero-order valence-corrected chi connectivity index (χ0v) is 14.2. The molecule has 0 radical (unpaired) electrons. The molecule has 0 fully saturated rings. The largest absolute Gasteiger partial charge is 0.330 e. The molecule has 21 heavy (non-hydrogen) atoms. The van der Waals surface area contributed by atoms with Crippen molar-refractivity contribution in [3.05, 3.63) is 46.4 Å². The lowest BCUT2D eigenvalue weighted by molar-refractivity contribution is 0.626. The Labute approximate surface area is 134 Å². The first-order chi connectivity index (χ1) is 10.1. The highest BCUT2D eigenvalue weighted by molar-refractivity contribution is 9.10. The van der Waals surface area contributed by atoms with Gasteiger partial charge in [0.2, 0.25) is 0 Å². The molecule has 2 N–H and O–H groups in total. The molecule has 0 aliphatic rings. The summed E-state index contributed by atoms with van der Waals surface area (Å²) in [5, 5.41) is 4.31. The lowest BCUT2D eigenvalue weighted by Crippen LogP contribution is -2.04. The van der Waals surface area contributed by atoms with Crippen LogP contribution in [0.25, 0.3) is 5.69 Å². The van der Waals surface area contributed by atoms with E-state index in [0.717, 1.165) is 35.1 Å². The molecule has 0 atom stereocenters. The third-order valence-electron chi connectivity index (χ3n) is 2.76. The predicted octanol–water partition coefficient (Wildman–Crippen LogP) is 4.47. The Morgan fingerprint density at radius 1 is 1.19 bits per heavy atom. The van der Waals surface area contributed by atoms with Crippen molar-refractivity contribution in [2.24, 2.45) is 5.73 Å². The molecule has 1 heterocycles. The van der Waals surface area contributed by atoms with Gasteiger partial charge >= 0.3 is 0 Å². The van der Waals surface area contributed by atoms with E-state index in [1.165, 1.54) is 18.6 Å². The van der Waals surface area contributed by atoms with Gasteiger partial charge in [0.05, 0.1) is 22.1 Å². The summed E-state index contributed by atoms with van der Waals surface area (Å²) >= 11 is 3.49. The van der Waals surface area contributed by atoms with E-state index >= 15 is 0 Å². The van der Waals surface area contributed by atoms with Gasteiger partial charge < -0.3 is 5.73 Å². The first-order valence-corrected chi connectivity index (χ1v) is 8.11. The predicted molar refractivity (Wildman–Crippen MR) is 89.2 cm³/mol. The second-order valence-corrected chi connectivity index (χ2v) is 5.63. The summed E-state index contributed by atoms with van der Waals surface area (Å²) in [7, 11) is 0. The van der Waals surface area contributed by atoms with Crippen LogP contribution in [-0.4, -0.2) is 16.3 Å². The van der Waals surface area contributed by atoms with Crippen LogP contribution in [0.2, 0.25) is 0 Å². The van der Waals surface area contributed by atoms with Gasteiger partial charge in [-0.15, -0.1) is 0 Å². The number of hydrogen-bond donors (Lipinski definition) is 1. The van der Waals surface area contributed by atoms with E-state index in [1.807, 2.05) is 4.68 Å². The first kappa shape index (κ1) is 17.9. The molecule has 0 aliphatic carbocycles. The van der Waals surface area contributed by atoms with Gasteiger partial charge in [-0.25, -0.2) is 9.07 Å². The molecule has 0 unspecified atom stereocenters. The van der Waals surface area contributed by atoms with Crippen LogP contribution in [0.1, 0.15) is 38.8 Å². The quantitative estimate of drug-likeness (QED) is 0.804. The average Bonchev–Trinajstić information content (AvgIpc) is 2.83. The van der Waals surface area contributed by atoms with Gasteiger partial charge in [-0.1, -0.05) is 20.3 Å².